The van der Waals surface area contributed by atoms with Gasteiger partial charge in [-0.2, -0.15) is 0 Å². The Balaban J connectivity index is 1.65. The largest absolute Gasteiger partial charge is 0.491 e. The monoisotopic (exact) mass is 351 g/mol. The van der Waals surface area contributed by atoms with E-state index in [1.54, 1.807) is 24.3 Å². The van der Waals surface area contributed by atoms with Crippen LogP contribution in [0, 0.1) is 0 Å². The highest BCUT2D eigenvalue weighted by Gasteiger charge is 2.16. The summed E-state index contributed by atoms with van der Waals surface area (Å²) in [5, 5.41) is 2.74. The molecule has 1 heterocycles. The minimum Gasteiger partial charge on any atom is -0.491 e. The first-order valence-corrected chi connectivity index (χ1v) is 8.46. The molecule has 7 nitrogen and oxygen atoms in total. The molecule has 0 spiro atoms. The minimum absolute atomic E-state index is 0.0398. The zero-order valence-corrected chi connectivity index (χ0v) is 14.5. The second-order valence-electron chi connectivity index (χ2n) is 5.73. The summed E-state index contributed by atoms with van der Waals surface area (Å²) >= 11 is 0. The summed E-state index contributed by atoms with van der Waals surface area (Å²) in [6.45, 7) is 1.89. The van der Waals surface area contributed by atoms with Crippen LogP contribution < -0.4 is 10.1 Å². The van der Waals surface area contributed by atoms with E-state index in [9.17, 15) is 9.59 Å². The molecular weight excluding hydrogens is 326 g/mol. The van der Waals surface area contributed by atoms with Crippen LogP contribution in [0.1, 0.15) is 25.7 Å². The fourth-order valence-corrected chi connectivity index (χ4v) is 2.35. The summed E-state index contributed by atoms with van der Waals surface area (Å²) in [6.07, 6.45) is 2.39. The summed E-state index contributed by atoms with van der Waals surface area (Å²) < 4.78 is 20.8. The van der Waals surface area contributed by atoms with Gasteiger partial charge in [0, 0.05) is 25.8 Å². The van der Waals surface area contributed by atoms with Gasteiger partial charge in [-0.25, -0.2) is 0 Å². The normalized spacial score (nSPS) is 16.4. The lowest BCUT2D eigenvalue weighted by molar-refractivity contribution is -0.145. The number of ether oxygens (including phenoxy) is 4. The van der Waals surface area contributed by atoms with Crippen LogP contribution >= 0.6 is 0 Å². The number of carbonyl (C=O) groups excluding carboxylic acids is 2. The molecule has 25 heavy (non-hydrogen) atoms. The molecule has 2 rings (SSSR count). The number of amides is 1. The Morgan fingerprint density at radius 3 is 2.68 bits per heavy atom. The Kier molecular flexibility index (Phi) is 8.21. The van der Waals surface area contributed by atoms with Crippen LogP contribution in [0.2, 0.25) is 0 Å². The Labute approximate surface area is 147 Å². The fraction of sp³-hybridized carbons (Fsp3) is 0.556. The highest BCUT2D eigenvalue weighted by Crippen LogP contribution is 2.18. The van der Waals surface area contributed by atoms with Crippen molar-refractivity contribution < 1.29 is 28.5 Å². The standard InChI is InChI=1S/C18H25NO6/c1-22-11-12-24-18(21)9-8-17(20)19-14-4-6-15(7-5-14)25-13-16-3-2-10-23-16/h4-7,16H,2-3,8-13H2,1H3,(H,19,20). The number of esters is 1. The summed E-state index contributed by atoms with van der Waals surface area (Å²) in [4.78, 5) is 23.3. The zero-order chi connectivity index (χ0) is 17.9. The zero-order valence-electron chi connectivity index (χ0n) is 14.5. The minimum atomic E-state index is -0.412. The Hall–Kier alpha value is -2.12. The van der Waals surface area contributed by atoms with Crippen molar-refractivity contribution in [2.75, 3.05) is 38.9 Å². The van der Waals surface area contributed by atoms with Gasteiger partial charge in [-0.1, -0.05) is 0 Å². The predicted molar refractivity (Wildman–Crippen MR) is 91.6 cm³/mol. The lowest BCUT2D eigenvalue weighted by Crippen LogP contribution is -2.16. The molecule has 1 atom stereocenters. The maximum atomic E-state index is 11.8. The molecule has 0 radical (unpaired) electrons. The summed E-state index contributed by atoms with van der Waals surface area (Å²) in [6, 6.07) is 7.12. The van der Waals surface area contributed by atoms with Gasteiger partial charge in [-0.3, -0.25) is 9.59 Å². The van der Waals surface area contributed by atoms with Crippen molar-refractivity contribution >= 4 is 17.6 Å². The SMILES string of the molecule is COCCOC(=O)CCC(=O)Nc1ccc(OCC2CCCO2)cc1. The van der Waals surface area contributed by atoms with Gasteiger partial charge in [-0.15, -0.1) is 0 Å². The molecule has 1 saturated heterocycles. The maximum Gasteiger partial charge on any atom is 0.306 e. The smallest absolute Gasteiger partial charge is 0.306 e. The molecule has 0 aliphatic carbocycles. The van der Waals surface area contributed by atoms with Crippen molar-refractivity contribution in [3.63, 3.8) is 0 Å². The highest BCUT2D eigenvalue weighted by atomic mass is 16.6. The molecule has 1 unspecified atom stereocenters. The number of carbonyl (C=O) groups is 2. The number of rotatable bonds is 10. The van der Waals surface area contributed by atoms with Crippen LogP contribution in [0.4, 0.5) is 5.69 Å². The summed E-state index contributed by atoms with van der Waals surface area (Å²) in [5.41, 5.74) is 0.655. The Morgan fingerprint density at radius 1 is 1.20 bits per heavy atom. The number of hydrogen-bond donors (Lipinski definition) is 1. The molecule has 1 aliphatic rings. The number of hydrogen-bond acceptors (Lipinski definition) is 6. The van der Waals surface area contributed by atoms with Crippen LogP contribution in [-0.4, -0.2) is 51.5 Å². The molecule has 0 aromatic heterocycles. The molecule has 7 heteroatoms. The van der Waals surface area contributed by atoms with Crippen molar-refractivity contribution in [1.82, 2.24) is 0 Å². The molecule has 138 valence electrons. The van der Waals surface area contributed by atoms with Crippen molar-refractivity contribution in [2.45, 2.75) is 31.8 Å². The highest BCUT2D eigenvalue weighted by molar-refractivity contribution is 5.92. The number of benzene rings is 1. The Bertz CT molecular complexity index is 539. The molecule has 1 N–H and O–H groups in total. The second-order valence-corrected chi connectivity index (χ2v) is 5.73. The maximum absolute atomic E-state index is 11.8. The van der Waals surface area contributed by atoms with Gasteiger partial charge < -0.3 is 24.3 Å². The van der Waals surface area contributed by atoms with Crippen molar-refractivity contribution in [3.8, 4) is 5.75 Å². The average molecular weight is 351 g/mol. The Morgan fingerprint density at radius 2 is 2.00 bits per heavy atom. The van der Waals surface area contributed by atoms with E-state index < -0.39 is 5.97 Å². The first kappa shape index (κ1) is 19.2. The first-order valence-electron chi connectivity index (χ1n) is 8.46. The van der Waals surface area contributed by atoms with Crippen LogP contribution in [0.5, 0.6) is 5.75 Å². The lowest BCUT2D eigenvalue weighted by atomic mass is 10.2. The molecule has 1 aliphatic heterocycles. The summed E-state index contributed by atoms with van der Waals surface area (Å²) in [5.74, 6) is 0.0806. The lowest BCUT2D eigenvalue weighted by Gasteiger charge is -2.12. The van der Waals surface area contributed by atoms with Crippen LogP contribution in [-0.2, 0) is 23.8 Å². The van der Waals surface area contributed by atoms with E-state index in [0.717, 1.165) is 25.2 Å². The van der Waals surface area contributed by atoms with Crippen molar-refractivity contribution in [1.29, 1.82) is 0 Å². The number of anilines is 1. The van der Waals surface area contributed by atoms with Crippen LogP contribution in [0.15, 0.2) is 24.3 Å². The molecule has 1 amide bonds. The van der Waals surface area contributed by atoms with E-state index in [1.165, 1.54) is 7.11 Å². The van der Waals surface area contributed by atoms with E-state index in [2.05, 4.69) is 5.32 Å². The number of methoxy groups -OCH3 is 1. The van der Waals surface area contributed by atoms with E-state index in [4.69, 9.17) is 18.9 Å². The van der Waals surface area contributed by atoms with E-state index in [-0.39, 0.29) is 31.5 Å². The molecule has 1 aromatic carbocycles. The molecular formula is C18H25NO6. The quantitative estimate of drug-likeness (QED) is 0.514. The molecule has 1 fully saturated rings. The van der Waals surface area contributed by atoms with Crippen LogP contribution in [0.3, 0.4) is 0 Å². The average Bonchev–Trinajstić information content (AvgIpc) is 3.13. The molecule has 0 saturated carbocycles. The topological polar surface area (TPSA) is 83.1 Å². The van der Waals surface area contributed by atoms with Gasteiger partial charge in [0.2, 0.25) is 5.91 Å². The molecule has 0 bridgehead atoms. The van der Waals surface area contributed by atoms with Gasteiger partial charge in [0.1, 0.15) is 19.0 Å². The van der Waals surface area contributed by atoms with E-state index in [0.29, 0.717) is 18.9 Å². The third-order valence-electron chi connectivity index (χ3n) is 3.70. The second kappa shape index (κ2) is 10.7. The fourth-order valence-electron chi connectivity index (χ4n) is 2.35. The van der Waals surface area contributed by atoms with Gasteiger partial charge in [0.25, 0.3) is 0 Å². The van der Waals surface area contributed by atoms with Crippen LogP contribution in [0.25, 0.3) is 0 Å². The number of nitrogens with one attached hydrogen (secondary N) is 1. The van der Waals surface area contributed by atoms with Gasteiger partial charge in [0.05, 0.1) is 19.1 Å². The van der Waals surface area contributed by atoms with Gasteiger partial charge in [-0.05, 0) is 37.1 Å². The summed E-state index contributed by atoms with van der Waals surface area (Å²) in [7, 11) is 1.53. The van der Waals surface area contributed by atoms with Gasteiger partial charge >= 0.3 is 5.97 Å². The van der Waals surface area contributed by atoms with Crippen molar-refractivity contribution in [3.05, 3.63) is 24.3 Å². The first-order chi connectivity index (χ1) is 12.2. The van der Waals surface area contributed by atoms with Gasteiger partial charge in [0.15, 0.2) is 0 Å². The van der Waals surface area contributed by atoms with Crippen molar-refractivity contribution in [2.24, 2.45) is 0 Å². The van der Waals surface area contributed by atoms with E-state index >= 15 is 0 Å². The van der Waals surface area contributed by atoms with E-state index in [1.807, 2.05) is 0 Å². The third-order valence-corrected chi connectivity index (χ3v) is 3.70. The predicted octanol–water partition coefficient (Wildman–Crippen LogP) is 2.15. The molecule has 1 aromatic rings. The third kappa shape index (κ3) is 7.53.